The molecule has 0 radical (unpaired) electrons. The lowest BCUT2D eigenvalue weighted by molar-refractivity contribution is 1.39. The Hall–Kier alpha value is -2.15. The molecule has 0 aliphatic rings. The van der Waals surface area contributed by atoms with Crippen molar-refractivity contribution in [3.8, 4) is 0 Å². The summed E-state index contributed by atoms with van der Waals surface area (Å²) in [4.78, 5) is 4.46. The second-order valence-electron chi connectivity index (χ2n) is 3.76. The standard InChI is InChI=1S/C16H15N/c1-3-5-8-13(4-2)15-11-14-9-6-7-10-16(14)17-12-15/h3-12H,1H2,2H3/b8-5-,13-4+. The monoisotopic (exact) mass is 221 g/mol. The third-order valence-electron chi connectivity index (χ3n) is 2.65. The minimum absolute atomic E-state index is 1.03. The Morgan fingerprint density at radius 3 is 2.88 bits per heavy atom. The van der Waals surface area contributed by atoms with Crippen LogP contribution in [-0.2, 0) is 0 Å². The van der Waals surface area contributed by atoms with Gasteiger partial charge in [0.2, 0.25) is 0 Å². The molecule has 1 aromatic carbocycles. The van der Waals surface area contributed by atoms with Crippen molar-refractivity contribution < 1.29 is 0 Å². The fraction of sp³-hybridized carbons (Fsp3) is 0.0625. The molecule has 0 unspecified atom stereocenters. The van der Waals surface area contributed by atoms with E-state index in [0.29, 0.717) is 0 Å². The van der Waals surface area contributed by atoms with E-state index in [1.165, 1.54) is 0 Å². The summed E-state index contributed by atoms with van der Waals surface area (Å²) < 4.78 is 0. The second kappa shape index (κ2) is 5.26. The molecule has 1 aromatic heterocycles. The molecule has 0 amide bonds. The molecule has 2 rings (SSSR count). The number of para-hydroxylation sites is 1. The summed E-state index contributed by atoms with van der Waals surface area (Å²) in [6.45, 7) is 5.71. The highest BCUT2D eigenvalue weighted by Gasteiger charge is 1.99. The maximum Gasteiger partial charge on any atom is 0.0702 e. The average Bonchev–Trinajstić information content (AvgIpc) is 2.39. The van der Waals surface area contributed by atoms with Gasteiger partial charge in [0.05, 0.1) is 5.52 Å². The van der Waals surface area contributed by atoms with Crippen LogP contribution >= 0.6 is 0 Å². The predicted molar refractivity (Wildman–Crippen MR) is 74.7 cm³/mol. The van der Waals surface area contributed by atoms with Crippen LogP contribution in [0.4, 0.5) is 0 Å². The Balaban J connectivity index is 2.48. The lowest BCUT2D eigenvalue weighted by Gasteiger charge is -2.03. The van der Waals surface area contributed by atoms with Gasteiger partial charge in [-0.25, -0.2) is 0 Å². The fourth-order valence-corrected chi connectivity index (χ4v) is 1.76. The van der Waals surface area contributed by atoms with E-state index >= 15 is 0 Å². The first-order chi connectivity index (χ1) is 8.35. The highest BCUT2D eigenvalue weighted by molar-refractivity contribution is 5.84. The molecule has 2 aromatic rings. The molecule has 1 nitrogen and oxygen atoms in total. The first kappa shape index (κ1) is 11.3. The van der Waals surface area contributed by atoms with E-state index in [1.54, 1.807) is 6.08 Å². The SMILES string of the molecule is C=C/C=C\C(=C/C)c1cnc2ccccc2c1. The van der Waals surface area contributed by atoms with Crippen LogP contribution in [-0.4, -0.2) is 4.98 Å². The minimum atomic E-state index is 1.03. The first-order valence-electron chi connectivity index (χ1n) is 5.65. The van der Waals surface area contributed by atoms with Crippen LogP contribution in [0.2, 0.25) is 0 Å². The van der Waals surface area contributed by atoms with Crippen molar-refractivity contribution in [3.63, 3.8) is 0 Å². The number of nitrogens with zero attached hydrogens (tertiary/aromatic N) is 1. The summed E-state index contributed by atoms with van der Waals surface area (Å²) in [5.74, 6) is 0. The van der Waals surface area contributed by atoms with E-state index in [2.05, 4.69) is 29.8 Å². The highest BCUT2D eigenvalue weighted by atomic mass is 14.6. The Morgan fingerprint density at radius 2 is 2.12 bits per heavy atom. The number of hydrogen-bond donors (Lipinski definition) is 0. The maximum atomic E-state index is 4.46. The van der Waals surface area contributed by atoms with Gasteiger partial charge in [0.15, 0.2) is 0 Å². The summed E-state index contributed by atoms with van der Waals surface area (Å²) in [5.41, 5.74) is 3.31. The van der Waals surface area contributed by atoms with E-state index in [9.17, 15) is 0 Å². The molecular formula is C16H15N. The molecule has 0 aliphatic heterocycles. The van der Waals surface area contributed by atoms with Crippen LogP contribution in [0.3, 0.4) is 0 Å². The molecule has 1 heterocycles. The van der Waals surface area contributed by atoms with Crippen LogP contribution in [0, 0.1) is 0 Å². The Bertz CT molecular complexity index is 591. The van der Waals surface area contributed by atoms with Crippen molar-refractivity contribution >= 4 is 16.5 Å². The van der Waals surface area contributed by atoms with E-state index in [1.807, 2.05) is 43.5 Å². The molecular weight excluding hydrogens is 206 g/mol. The third kappa shape index (κ3) is 2.51. The minimum Gasteiger partial charge on any atom is -0.256 e. The Kier molecular flexibility index (Phi) is 3.51. The van der Waals surface area contributed by atoms with Crippen molar-refractivity contribution in [2.75, 3.05) is 0 Å². The van der Waals surface area contributed by atoms with Gasteiger partial charge in [-0.05, 0) is 24.6 Å². The van der Waals surface area contributed by atoms with Gasteiger partial charge in [-0.15, -0.1) is 0 Å². The molecule has 0 saturated carbocycles. The number of aromatic nitrogens is 1. The van der Waals surface area contributed by atoms with E-state index in [-0.39, 0.29) is 0 Å². The van der Waals surface area contributed by atoms with Crippen LogP contribution < -0.4 is 0 Å². The van der Waals surface area contributed by atoms with Crippen molar-refractivity contribution in [2.24, 2.45) is 0 Å². The average molecular weight is 221 g/mol. The third-order valence-corrected chi connectivity index (χ3v) is 2.65. The zero-order valence-electron chi connectivity index (χ0n) is 9.93. The molecule has 17 heavy (non-hydrogen) atoms. The van der Waals surface area contributed by atoms with Gasteiger partial charge in [0.25, 0.3) is 0 Å². The fourth-order valence-electron chi connectivity index (χ4n) is 1.76. The number of rotatable bonds is 3. The highest BCUT2D eigenvalue weighted by Crippen LogP contribution is 2.20. The zero-order valence-corrected chi connectivity index (χ0v) is 9.93. The van der Waals surface area contributed by atoms with Crippen molar-refractivity contribution in [2.45, 2.75) is 6.92 Å². The number of fused-ring (bicyclic) bond motifs is 1. The zero-order chi connectivity index (χ0) is 12.1. The Labute approximate surface area is 102 Å². The maximum absolute atomic E-state index is 4.46. The second-order valence-corrected chi connectivity index (χ2v) is 3.76. The van der Waals surface area contributed by atoms with Crippen LogP contribution in [0.15, 0.2) is 67.4 Å². The topological polar surface area (TPSA) is 12.9 Å². The number of hydrogen-bond acceptors (Lipinski definition) is 1. The van der Waals surface area contributed by atoms with E-state index in [4.69, 9.17) is 0 Å². The van der Waals surface area contributed by atoms with Gasteiger partial charge < -0.3 is 0 Å². The lowest BCUT2D eigenvalue weighted by atomic mass is 10.0. The lowest BCUT2D eigenvalue weighted by Crippen LogP contribution is -1.85. The largest absolute Gasteiger partial charge is 0.256 e. The van der Waals surface area contributed by atoms with Gasteiger partial charge in [0.1, 0.15) is 0 Å². The smallest absolute Gasteiger partial charge is 0.0702 e. The number of pyridine rings is 1. The number of allylic oxidation sites excluding steroid dienone is 5. The predicted octanol–water partition coefficient (Wildman–Crippen LogP) is 4.38. The van der Waals surface area contributed by atoms with E-state index < -0.39 is 0 Å². The normalized spacial score (nSPS) is 12.2. The summed E-state index contributed by atoms with van der Waals surface area (Å²) in [7, 11) is 0. The molecule has 0 bridgehead atoms. The van der Waals surface area contributed by atoms with Crippen molar-refractivity contribution in [1.82, 2.24) is 4.98 Å². The van der Waals surface area contributed by atoms with Gasteiger partial charge in [-0.2, -0.15) is 0 Å². The molecule has 84 valence electrons. The van der Waals surface area contributed by atoms with Crippen molar-refractivity contribution in [3.05, 3.63) is 73.0 Å². The first-order valence-corrected chi connectivity index (χ1v) is 5.65. The molecule has 0 fully saturated rings. The quantitative estimate of drug-likeness (QED) is 0.701. The van der Waals surface area contributed by atoms with Gasteiger partial charge in [-0.3, -0.25) is 4.98 Å². The molecule has 0 saturated heterocycles. The van der Waals surface area contributed by atoms with Gasteiger partial charge in [0, 0.05) is 17.1 Å². The molecule has 1 heteroatoms. The molecule has 0 atom stereocenters. The number of benzene rings is 1. The summed E-state index contributed by atoms with van der Waals surface area (Å²) in [6.07, 6.45) is 9.73. The van der Waals surface area contributed by atoms with E-state index in [0.717, 1.165) is 22.0 Å². The van der Waals surface area contributed by atoms with Crippen LogP contribution in [0.5, 0.6) is 0 Å². The van der Waals surface area contributed by atoms with Crippen LogP contribution in [0.25, 0.3) is 16.5 Å². The summed E-state index contributed by atoms with van der Waals surface area (Å²) in [6, 6.07) is 10.3. The van der Waals surface area contributed by atoms with Crippen molar-refractivity contribution in [1.29, 1.82) is 0 Å². The summed E-state index contributed by atoms with van der Waals surface area (Å²) in [5, 5.41) is 1.16. The summed E-state index contributed by atoms with van der Waals surface area (Å²) >= 11 is 0. The van der Waals surface area contributed by atoms with Gasteiger partial charge in [-0.1, -0.05) is 49.1 Å². The molecule has 0 N–H and O–H groups in total. The Morgan fingerprint density at radius 1 is 1.29 bits per heavy atom. The molecule has 0 aliphatic carbocycles. The van der Waals surface area contributed by atoms with Crippen LogP contribution in [0.1, 0.15) is 12.5 Å². The van der Waals surface area contributed by atoms with Gasteiger partial charge >= 0.3 is 0 Å². The molecule has 0 spiro atoms.